The smallest absolute Gasteiger partial charge is 0.340 e. The molecule has 0 unspecified atom stereocenters. The molecule has 244 valence electrons. The summed E-state index contributed by atoms with van der Waals surface area (Å²) in [4.78, 5) is 25.8. The Hall–Kier alpha value is -4.37. The number of amides is 1. The lowest BCUT2D eigenvalue weighted by Crippen LogP contribution is -2.44. The largest absolute Gasteiger partial charge is 0.416 e. The van der Waals surface area contributed by atoms with Crippen molar-refractivity contribution in [2.45, 2.75) is 19.6 Å². The van der Waals surface area contributed by atoms with Gasteiger partial charge in [0.1, 0.15) is 5.82 Å². The number of aryl methyl sites for hydroxylation is 1. The van der Waals surface area contributed by atoms with Gasteiger partial charge in [-0.3, -0.25) is 19.2 Å². The van der Waals surface area contributed by atoms with Gasteiger partial charge in [-0.15, -0.1) is 0 Å². The third-order valence-corrected chi connectivity index (χ3v) is 7.18. The summed E-state index contributed by atoms with van der Waals surface area (Å²) in [5, 5.41) is 6.02. The fraction of sp³-hybridized carbons (Fsp3) is 0.281. The first-order valence-electron chi connectivity index (χ1n) is 14.2. The van der Waals surface area contributed by atoms with Crippen LogP contribution < -0.4 is 10.6 Å². The van der Waals surface area contributed by atoms with Crippen LogP contribution >= 0.6 is 0 Å². The molecule has 1 aliphatic heterocycles. The lowest BCUT2D eigenvalue weighted by molar-refractivity contribution is -0.138. The minimum Gasteiger partial charge on any atom is -0.340 e. The fourth-order valence-electron chi connectivity index (χ4n) is 4.75. The van der Waals surface area contributed by atoms with E-state index in [-0.39, 0.29) is 17.7 Å². The molecule has 0 bridgehead atoms. The van der Waals surface area contributed by atoms with E-state index in [2.05, 4.69) is 25.5 Å². The highest BCUT2D eigenvalue weighted by atomic mass is 32.2. The number of anilines is 3. The minimum absolute atomic E-state index is 0.0552. The summed E-state index contributed by atoms with van der Waals surface area (Å²) in [7, 11) is -1.67. The summed E-state index contributed by atoms with van der Waals surface area (Å²) in [6.07, 6.45) is 1.31. The van der Waals surface area contributed by atoms with Gasteiger partial charge in [-0.1, -0.05) is 18.2 Å². The number of alkyl halides is 3. The van der Waals surface area contributed by atoms with E-state index in [1.54, 1.807) is 30.7 Å². The highest BCUT2D eigenvalue weighted by molar-refractivity contribution is 7.85. The number of piperazine rings is 1. The van der Waals surface area contributed by atoms with Crippen molar-refractivity contribution in [2.24, 2.45) is 0 Å². The van der Waals surface area contributed by atoms with Crippen LogP contribution in [0.15, 0.2) is 79.3 Å². The van der Waals surface area contributed by atoms with Gasteiger partial charge in [-0.05, 0) is 73.1 Å². The Morgan fingerprint density at radius 3 is 2.35 bits per heavy atom. The van der Waals surface area contributed by atoms with Gasteiger partial charge >= 0.3 is 6.18 Å². The highest BCUT2D eigenvalue weighted by Gasteiger charge is 2.34. The molecule has 3 heterocycles. The topological polar surface area (TPSA) is 128 Å². The third-order valence-electron chi connectivity index (χ3n) is 7.18. The summed E-state index contributed by atoms with van der Waals surface area (Å²) in [5.41, 5.74) is 3.28. The molecule has 1 saturated heterocycles. The molecule has 0 spiro atoms. The predicted octanol–water partition coefficient (Wildman–Crippen LogP) is 5.72. The maximum Gasteiger partial charge on any atom is 0.416 e. The van der Waals surface area contributed by atoms with Crippen molar-refractivity contribution in [2.75, 3.05) is 50.1 Å². The molecule has 0 atom stereocenters. The van der Waals surface area contributed by atoms with Gasteiger partial charge in [-0.25, -0.2) is 4.98 Å². The molecular weight excluding hydrogens is 621 g/mol. The van der Waals surface area contributed by atoms with Crippen LogP contribution in [0, 0.1) is 6.92 Å². The van der Waals surface area contributed by atoms with E-state index in [1.807, 2.05) is 49.2 Å². The molecule has 4 aromatic rings. The molecule has 1 aliphatic rings. The number of nitrogens with zero attached hydrogens (tertiary/aromatic N) is 4. The quantitative estimate of drug-likeness (QED) is 0.214. The maximum atomic E-state index is 14.0. The van der Waals surface area contributed by atoms with E-state index in [1.165, 1.54) is 12.1 Å². The number of hydrogen-bond acceptors (Lipinski definition) is 8. The first kappa shape index (κ1) is 34.5. The van der Waals surface area contributed by atoms with Crippen molar-refractivity contribution >= 4 is 33.2 Å². The van der Waals surface area contributed by atoms with E-state index in [0.717, 1.165) is 35.8 Å². The summed E-state index contributed by atoms with van der Waals surface area (Å²) in [6.45, 7) is 5.11. The van der Waals surface area contributed by atoms with E-state index >= 15 is 0 Å². The number of likely N-dealkylation sites (N-methyl/N-ethyl adjacent to an activating group) is 1. The predicted molar refractivity (Wildman–Crippen MR) is 172 cm³/mol. The normalized spacial score (nSPS) is 14.2. The number of benzene rings is 2. The monoisotopic (exact) mass is 656 g/mol. The standard InChI is InChI=1S/C31H31F3N6O.CH4O3S/c1-21-5-8-26(18-28(21)38-29-17-22(9-11-36-29)24-4-3-10-35-19-24)37-30(41)23-6-7-25(27(16-23)31(32,33)34)20-40-14-12-39(2)13-15-40;1-5(2,3)4/h3-11,16-19H,12-15,20H2,1-2H3,(H,36,38)(H,37,41);1H3,(H,2,3,4). The van der Waals surface area contributed by atoms with Gasteiger partial charge < -0.3 is 15.5 Å². The van der Waals surface area contributed by atoms with E-state index in [0.29, 0.717) is 36.5 Å². The maximum absolute atomic E-state index is 14.0. The van der Waals surface area contributed by atoms with Gasteiger partial charge in [0, 0.05) is 73.8 Å². The number of pyridine rings is 2. The first-order chi connectivity index (χ1) is 21.7. The van der Waals surface area contributed by atoms with Gasteiger partial charge in [0.25, 0.3) is 16.0 Å². The lowest BCUT2D eigenvalue weighted by atomic mass is 10.0. The number of aromatic nitrogens is 2. The molecule has 0 aliphatic carbocycles. The average Bonchev–Trinajstić information content (AvgIpc) is 2.99. The highest BCUT2D eigenvalue weighted by Crippen LogP contribution is 2.34. The number of carbonyl (C=O) groups excluding carboxylic acids is 1. The number of carbonyl (C=O) groups is 1. The number of hydrogen-bond donors (Lipinski definition) is 3. The zero-order chi connectivity index (χ0) is 33.5. The molecule has 1 fully saturated rings. The Kier molecular flexibility index (Phi) is 11.1. The molecule has 0 saturated carbocycles. The zero-order valence-electron chi connectivity index (χ0n) is 25.5. The lowest BCUT2D eigenvalue weighted by Gasteiger charge is -2.33. The van der Waals surface area contributed by atoms with Gasteiger partial charge in [-0.2, -0.15) is 21.6 Å². The Morgan fingerprint density at radius 2 is 1.70 bits per heavy atom. The molecule has 5 rings (SSSR count). The summed E-state index contributed by atoms with van der Waals surface area (Å²) in [6, 6.07) is 16.7. The van der Waals surface area contributed by atoms with Crippen LogP contribution in [0.5, 0.6) is 0 Å². The molecule has 0 radical (unpaired) electrons. The molecular formula is C32H35F3N6O4S. The molecule has 2 aromatic carbocycles. The van der Waals surface area contributed by atoms with Crippen LogP contribution in [-0.4, -0.2) is 78.1 Å². The van der Waals surface area contributed by atoms with Crippen LogP contribution in [0.1, 0.15) is 27.0 Å². The number of nitrogens with one attached hydrogen (secondary N) is 2. The minimum atomic E-state index is -4.57. The van der Waals surface area contributed by atoms with Gasteiger partial charge in [0.05, 0.1) is 11.8 Å². The molecule has 3 N–H and O–H groups in total. The van der Waals surface area contributed by atoms with Gasteiger partial charge in [0.2, 0.25) is 0 Å². The van der Waals surface area contributed by atoms with Crippen molar-refractivity contribution in [3.63, 3.8) is 0 Å². The Morgan fingerprint density at radius 1 is 0.978 bits per heavy atom. The van der Waals surface area contributed by atoms with Gasteiger partial charge in [0.15, 0.2) is 0 Å². The van der Waals surface area contributed by atoms with E-state index in [9.17, 15) is 26.4 Å². The van der Waals surface area contributed by atoms with Crippen molar-refractivity contribution in [3.05, 3.63) is 102 Å². The average molecular weight is 657 g/mol. The van der Waals surface area contributed by atoms with E-state index in [4.69, 9.17) is 4.55 Å². The van der Waals surface area contributed by atoms with Crippen molar-refractivity contribution < 1.29 is 30.9 Å². The van der Waals surface area contributed by atoms with Crippen molar-refractivity contribution in [3.8, 4) is 11.1 Å². The fourth-order valence-corrected chi connectivity index (χ4v) is 4.75. The Balaban J connectivity index is 0.000000892. The number of rotatable bonds is 7. The summed E-state index contributed by atoms with van der Waals surface area (Å²) in [5.74, 6) is -0.0168. The SMILES string of the molecule is CS(=O)(=O)O.Cc1ccc(NC(=O)c2ccc(CN3CCN(C)CC3)c(C(F)(F)F)c2)cc1Nc1cc(-c2cccnc2)ccn1. The van der Waals surface area contributed by atoms with E-state index < -0.39 is 27.8 Å². The van der Waals surface area contributed by atoms with Crippen LogP contribution in [0.25, 0.3) is 11.1 Å². The Labute approximate surface area is 266 Å². The molecule has 46 heavy (non-hydrogen) atoms. The zero-order valence-corrected chi connectivity index (χ0v) is 26.4. The summed E-state index contributed by atoms with van der Waals surface area (Å²) < 4.78 is 67.9. The van der Waals surface area contributed by atoms with Crippen LogP contribution in [-0.2, 0) is 22.8 Å². The van der Waals surface area contributed by atoms with Crippen LogP contribution in [0.3, 0.4) is 0 Å². The second kappa shape index (κ2) is 14.8. The first-order valence-corrected chi connectivity index (χ1v) is 16.1. The third kappa shape index (κ3) is 10.3. The molecule has 2 aromatic heterocycles. The van der Waals surface area contributed by atoms with Crippen molar-refractivity contribution in [1.82, 2.24) is 19.8 Å². The van der Waals surface area contributed by atoms with Crippen molar-refractivity contribution in [1.29, 1.82) is 0 Å². The second-order valence-corrected chi connectivity index (χ2v) is 12.4. The summed E-state index contributed by atoms with van der Waals surface area (Å²) >= 11 is 0. The number of halogens is 3. The van der Waals surface area contributed by atoms with Crippen LogP contribution in [0.2, 0.25) is 0 Å². The molecule has 14 heteroatoms. The molecule has 1 amide bonds. The Bertz CT molecular complexity index is 1760. The second-order valence-electron chi connectivity index (χ2n) is 11.0. The van der Waals surface area contributed by atoms with Crippen LogP contribution in [0.4, 0.5) is 30.4 Å². The molecule has 10 nitrogen and oxygen atoms in total.